The number of rotatable bonds is 7. The van der Waals surface area contributed by atoms with Gasteiger partial charge in [0.05, 0.1) is 38.3 Å². The zero-order chi connectivity index (χ0) is 18.4. The highest BCUT2D eigenvalue weighted by molar-refractivity contribution is 5.93. The third kappa shape index (κ3) is 4.10. The molecule has 3 rings (SSSR count). The first-order valence-corrected chi connectivity index (χ1v) is 7.81. The number of ether oxygens (including phenoxy) is 2. The molecular weight excluding hydrogens is 336 g/mol. The zero-order valence-corrected chi connectivity index (χ0v) is 14.4. The monoisotopic (exact) mass is 354 g/mol. The average molecular weight is 354 g/mol. The fourth-order valence-corrected chi connectivity index (χ4v) is 2.22. The van der Waals surface area contributed by atoms with Gasteiger partial charge >= 0.3 is 0 Å². The van der Waals surface area contributed by atoms with E-state index in [9.17, 15) is 4.79 Å². The van der Waals surface area contributed by atoms with E-state index in [1.807, 2.05) is 0 Å². The van der Waals surface area contributed by atoms with Gasteiger partial charge in [-0.2, -0.15) is 0 Å². The number of benzene rings is 1. The van der Waals surface area contributed by atoms with Crippen LogP contribution in [0.2, 0.25) is 0 Å². The van der Waals surface area contributed by atoms with Crippen LogP contribution in [-0.4, -0.2) is 30.1 Å². The van der Waals surface area contributed by atoms with E-state index in [1.54, 1.807) is 50.8 Å². The Morgan fingerprint density at radius 3 is 2.62 bits per heavy atom. The number of furan rings is 1. The standard InChI is InChI=1S/C18H18N4O4/c1-24-13-5-6-16(25-2)15(8-13)22-18-20-9-12(10-21-18)17(23)19-11-14-4-3-7-26-14/h3-10H,11H2,1-2H3,(H,19,23)(H,20,21,22). The lowest BCUT2D eigenvalue weighted by molar-refractivity contribution is 0.0947. The molecule has 2 aromatic heterocycles. The predicted molar refractivity (Wildman–Crippen MR) is 94.7 cm³/mol. The van der Waals surface area contributed by atoms with Crippen molar-refractivity contribution in [1.82, 2.24) is 15.3 Å². The number of carbonyl (C=O) groups is 1. The molecule has 0 bridgehead atoms. The number of carbonyl (C=O) groups excluding carboxylic acids is 1. The molecule has 3 aromatic rings. The van der Waals surface area contributed by atoms with Gasteiger partial charge in [-0.25, -0.2) is 9.97 Å². The maximum absolute atomic E-state index is 12.1. The van der Waals surface area contributed by atoms with Gasteiger partial charge < -0.3 is 24.5 Å². The molecular formula is C18H18N4O4. The zero-order valence-electron chi connectivity index (χ0n) is 14.4. The topological polar surface area (TPSA) is 98.5 Å². The number of nitrogens with one attached hydrogen (secondary N) is 2. The third-order valence-electron chi connectivity index (χ3n) is 3.57. The molecule has 26 heavy (non-hydrogen) atoms. The van der Waals surface area contributed by atoms with Crippen molar-refractivity contribution in [3.8, 4) is 11.5 Å². The maximum atomic E-state index is 12.1. The van der Waals surface area contributed by atoms with Crippen molar-refractivity contribution in [1.29, 1.82) is 0 Å². The summed E-state index contributed by atoms with van der Waals surface area (Å²) in [6.07, 6.45) is 4.44. The van der Waals surface area contributed by atoms with E-state index in [0.717, 1.165) is 0 Å². The number of anilines is 2. The molecule has 8 nitrogen and oxygen atoms in total. The lowest BCUT2D eigenvalue weighted by atomic mass is 10.2. The average Bonchev–Trinajstić information content (AvgIpc) is 3.20. The highest BCUT2D eigenvalue weighted by Crippen LogP contribution is 2.30. The Kier molecular flexibility index (Phi) is 5.33. The molecule has 0 unspecified atom stereocenters. The fraction of sp³-hybridized carbons (Fsp3) is 0.167. The van der Waals surface area contributed by atoms with E-state index >= 15 is 0 Å². The number of aromatic nitrogens is 2. The lowest BCUT2D eigenvalue weighted by Gasteiger charge is -2.11. The number of amides is 1. The summed E-state index contributed by atoms with van der Waals surface area (Å²) in [7, 11) is 3.15. The second-order valence-electron chi connectivity index (χ2n) is 5.25. The summed E-state index contributed by atoms with van der Waals surface area (Å²) in [6.45, 7) is 0.298. The van der Waals surface area contributed by atoms with Crippen LogP contribution < -0.4 is 20.1 Å². The molecule has 0 saturated heterocycles. The molecule has 2 N–H and O–H groups in total. The molecule has 1 aromatic carbocycles. The van der Waals surface area contributed by atoms with E-state index in [0.29, 0.717) is 41.0 Å². The van der Waals surface area contributed by atoms with Crippen LogP contribution >= 0.6 is 0 Å². The van der Waals surface area contributed by atoms with Crippen LogP contribution in [0.15, 0.2) is 53.4 Å². The van der Waals surface area contributed by atoms with E-state index in [4.69, 9.17) is 13.9 Å². The van der Waals surface area contributed by atoms with Gasteiger partial charge in [0.2, 0.25) is 5.95 Å². The first-order chi connectivity index (χ1) is 12.7. The molecule has 0 aliphatic rings. The number of hydrogen-bond donors (Lipinski definition) is 2. The molecule has 0 spiro atoms. The highest BCUT2D eigenvalue weighted by atomic mass is 16.5. The molecule has 0 aliphatic carbocycles. The summed E-state index contributed by atoms with van der Waals surface area (Å²) in [5, 5.41) is 5.78. The van der Waals surface area contributed by atoms with Crippen molar-refractivity contribution in [2.75, 3.05) is 19.5 Å². The van der Waals surface area contributed by atoms with Crippen LogP contribution in [-0.2, 0) is 6.54 Å². The third-order valence-corrected chi connectivity index (χ3v) is 3.57. The molecule has 0 saturated carbocycles. The maximum Gasteiger partial charge on any atom is 0.254 e. The van der Waals surface area contributed by atoms with Crippen LogP contribution in [0.3, 0.4) is 0 Å². The molecule has 8 heteroatoms. The minimum atomic E-state index is -0.285. The minimum absolute atomic E-state index is 0.285. The Bertz CT molecular complexity index is 863. The lowest BCUT2D eigenvalue weighted by Crippen LogP contribution is -2.23. The Hall–Kier alpha value is -3.55. The largest absolute Gasteiger partial charge is 0.497 e. The van der Waals surface area contributed by atoms with Crippen molar-refractivity contribution in [3.63, 3.8) is 0 Å². The Morgan fingerprint density at radius 1 is 1.15 bits per heavy atom. The van der Waals surface area contributed by atoms with Crippen LogP contribution in [0.5, 0.6) is 11.5 Å². The first-order valence-electron chi connectivity index (χ1n) is 7.81. The second kappa shape index (κ2) is 8.02. The van der Waals surface area contributed by atoms with Gasteiger partial charge in [-0.1, -0.05) is 0 Å². The number of hydrogen-bond acceptors (Lipinski definition) is 7. The van der Waals surface area contributed by atoms with Crippen molar-refractivity contribution in [2.24, 2.45) is 0 Å². The van der Waals surface area contributed by atoms with Crippen molar-refractivity contribution < 1.29 is 18.7 Å². The van der Waals surface area contributed by atoms with Crippen LogP contribution in [0, 0.1) is 0 Å². The quantitative estimate of drug-likeness (QED) is 0.673. The van der Waals surface area contributed by atoms with Gasteiger partial charge in [-0.3, -0.25) is 4.79 Å². The summed E-state index contributed by atoms with van der Waals surface area (Å²) < 4.78 is 15.7. The molecule has 0 radical (unpaired) electrons. The van der Waals surface area contributed by atoms with Crippen LogP contribution in [0.25, 0.3) is 0 Å². The van der Waals surface area contributed by atoms with E-state index in [2.05, 4.69) is 20.6 Å². The van der Waals surface area contributed by atoms with Gasteiger partial charge in [-0.15, -0.1) is 0 Å². The van der Waals surface area contributed by atoms with E-state index < -0.39 is 0 Å². The number of nitrogens with zero attached hydrogens (tertiary/aromatic N) is 2. The summed E-state index contributed by atoms with van der Waals surface area (Å²) in [5.41, 5.74) is 1.00. The van der Waals surface area contributed by atoms with Gasteiger partial charge in [0.15, 0.2) is 0 Å². The summed E-state index contributed by atoms with van der Waals surface area (Å²) >= 11 is 0. The highest BCUT2D eigenvalue weighted by Gasteiger charge is 2.10. The Labute approximate surface area is 150 Å². The van der Waals surface area contributed by atoms with Gasteiger partial charge in [-0.05, 0) is 24.3 Å². The second-order valence-corrected chi connectivity index (χ2v) is 5.25. The number of methoxy groups -OCH3 is 2. The smallest absolute Gasteiger partial charge is 0.254 e. The van der Waals surface area contributed by atoms with Gasteiger partial charge in [0.25, 0.3) is 5.91 Å². The van der Waals surface area contributed by atoms with Gasteiger partial charge in [0, 0.05) is 18.5 Å². The molecule has 0 aliphatic heterocycles. The van der Waals surface area contributed by atoms with Crippen molar-refractivity contribution in [2.45, 2.75) is 6.54 Å². The summed E-state index contributed by atoms with van der Waals surface area (Å²) in [6, 6.07) is 8.88. The minimum Gasteiger partial charge on any atom is -0.497 e. The van der Waals surface area contributed by atoms with Gasteiger partial charge in [0.1, 0.15) is 17.3 Å². The predicted octanol–water partition coefficient (Wildman–Crippen LogP) is 2.76. The fourth-order valence-electron chi connectivity index (χ4n) is 2.22. The molecule has 0 fully saturated rings. The van der Waals surface area contributed by atoms with E-state index in [1.165, 1.54) is 12.4 Å². The van der Waals surface area contributed by atoms with E-state index in [-0.39, 0.29) is 5.91 Å². The molecule has 1 amide bonds. The Balaban J connectivity index is 1.67. The van der Waals surface area contributed by atoms with Crippen molar-refractivity contribution >= 4 is 17.5 Å². The van der Waals surface area contributed by atoms with Crippen LogP contribution in [0.4, 0.5) is 11.6 Å². The Morgan fingerprint density at radius 2 is 1.96 bits per heavy atom. The summed E-state index contributed by atoms with van der Waals surface area (Å²) in [4.78, 5) is 20.4. The normalized spacial score (nSPS) is 10.2. The van der Waals surface area contributed by atoms with Crippen molar-refractivity contribution in [3.05, 3.63) is 60.3 Å². The SMILES string of the molecule is COc1ccc(OC)c(Nc2ncc(C(=O)NCc3ccco3)cn2)c1. The summed E-state index contributed by atoms with van der Waals surface area (Å²) in [5.74, 6) is 2.01. The van der Waals surface area contributed by atoms with Crippen LogP contribution in [0.1, 0.15) is 16.1 Å². The molecule has 0 atom stereocenters. The molecule has 2 heterocycles. The molecule has 134 valence electrons. The first kappa shape index (κ1) is 17.3.